The van der Waals surface area contributed by atoms with Crippen LogP contribution < -0.4 is 10.3 Å². The second kappa shape index (κ2) is 6.57. The van der Waals surface area contributed by atoms with E-state index in [1.165, 1.54) is 0 Å². The highest BCUT2D eigenvalue weighted by atomic mass is 35.5. The highest BCUT2D eigenvalue weighted by Gasteiger charge is 2.17. The third-order valence-corrected chi connectivity index (χ3v) is 4.23. The number of aromatic amines is 1. The fourth-order valence-corrected chi connectivity index (χ4v) is 3.21. The molecule has 0 aliphatic carbocycles. The van der Waals surface area contributed by atoms with E-state index in [9.17, 15) is 9.90 Å². The number of fused-ring (bicyclic) bond motifs is 1. The van der Waals surface area contributed by atoms with Gasteiger partial charge in [-0.15, -0.1) is 0 Å². The molecule has 0 saturated carbocycles. The number of nitrogens with one attached hydrogen (secondary N) is 1. The molecule has 0 saturated heterocycles. The van der Waals surface area contributed by atoms with Gasteiger partial charge >= 0.3 is 0 Å². The van der Waals surface area contributed by atoms with Crippen molar-refractivity contribution in [1.29, 1.82) is 0 Å². The van der Waals surface area contributed by atoms with Gasteiger partial charge in [-0.25, -0.2) is 0 Å². The van der Waals surface area contributed by atoms with Crippen LogP contribution in [0.15, 0.2) is 41.2 Å². The van der Waals surface area contributed by atoms with Crippen LogP contribution in [0, 0.1) is 0 Å². The highest BCUT2D eigenvalue weighted by molar-refractivity contribution is 6.31. The maximum Gasteiger partial charge on any atom is 0.260 e. The molecule has 1 aromatic heterocycles. The fourth-order valence-electron chi connectivity index (χ4n) is 2.97. The zero-order chi connectivity index (χ0) is 17.3. The van der Waals surface area contributed by atoms with Crippen LogP contribution in [0.5, 0.6) is 11.5 Å². The first-order valence-electron chi connectivity index (χ1n) is 7.77. The molecule has 3 aromatic rings. The lowest BCUT2D eigenvalue weighted by molar-refractivity contribution is 0.415. The van der Waals surface area contributed by atoms with Gasteiger partial charge in [-0.1, -0.05) is 37.1 Å². The summed E-state index contributed by atoms with van der Waals surface area (Å²) in [7, 11) is 1.56. The first-order valence-corrected chi connectivity index (χ1v) is 8.14. The summed E-state index contributed by atoms with van der Waals surface area (Å²) in [4.78, 5) is 15.4. The molecule has 0 bridgehead atoms. The third kappa shape index (κ3) is 2.85. The first kappa shape index (κ1) is 16.4. The number of pyridine rings is 1. The average molecular weight is 344 g/mol. The molecule has 4 nitrogen and oxygen atoms in total. The number of rotatable bonds is 4. The summed E-state index contributed by atoms with van der Waals surface area (Å²) < 4.78 is 5.21. The van der Waals surface area contributed by atoms with E-state index >= 15 is 0 Å². The molecule has 0 atom stereocenters. The Morgan fingerprint density at radius 3 is 2.75 bits per heavy atom. The van der Waals surface area contributed by atoms with E-state index in [0.717, 1.165) is 18.4 Å². The lowest BCUT2D eigenvalue weighted by Gasteiger charge is -2.12. The lowest BCUT2D eigenvalue weighted by atomic mass is 9.98. The van der Waals surface area contributed by atoms with Crippen molar-refractivity contribution in [2.24, 2.45) is 0 Å². The van der Waals surface area contributed by atoms with Gasteiger partial charge in [0.15, 0.2) is 0 Å². The Morgan fingerprint density at radius 1 is 1.25 bits per heavy atom. The third-order valence-electron chi connectivity index (χ3n) is 4.01. The van der Waals surface area contributed by atoms with Crippen LogP contribution in [0.25, 0.3) is 22.0 Å². The number of methoxy groups -OCH3 is 1. The van der Waals surface area contributed by atoms with Crippen molar-refractivity contribution in [3.8, 4) is 22.6 Å². The van der Waals surface area contributed by atoms with Crippen molar-refractivity contribution < 1.29 is 9.84 Å². The van der Waals surface area contributed by atoms with Gasteiger partial charge in [0.2, 0.25) is 0 Å². The average Bonchev–Trinajstić information content (AvgIpc) is 2.54. The Kier molecular flexibility index (Phi) is 4.49. The van der Waals surface area contributed by atoms with Crippen LogP contribution in [-0.4, -0.2) is 17.2 Å². The lowest BCUT2D eigenvalue weighted by Crippen LogP contribution is -2.10. The van der Waals surface area contributed by atoms with Gasteiger partial charge in [0.05, 0.1) is 18.2 Å². The molecule has 0 aliphatic rings. The van der Waals surface area contributed by atoms with Gasteiger partial charge in [-0.05, 0) is 41.8 Å². The minimum absolute atomic E-state index is 0.0258. The predicted octanol–water partition coefficient (Wildman–Crippen LogP) is 4.52. The van der Waals surface area contributed by atoms with E-state index in [4.69, 9.17) is 16.3 Å². The summed E-state index contributed by atoms with van der Waals surface area (Å²) in [5.74, 6) is 0.596. The summed E-state index contributed by atoms with van der Waals surface area (Å²) in [6, 6.07) is 10.6. The Labute approximate surface area is 144 Å². The Morgan fingerprint density at radius 2 is 2.04 bits per heavy atom. The molecule has 124 valence electrons. The summed E-state index contributed by atoms with van der Waals surface area (Å²) in [5.41, 5.74) is 1.93. The van der Waals surface area contributed by atoms with Crippen molar-refractivity contribution in [2.45, 2.75) is 19.8 Å². The SMILES string of the molecule is CCCc1cc(Cl)cc2[nH]c(=O)c(-c3cccc(OC)c3)c(O)c12. The van der Waals surface area contributed by atoms with Gasteiger partial charge in [0.1, 0.15) is 11.5 Å². The second-order valence-electron chi connectivity index (χ2n) is 5.65. The Hall–Kier alpha value is -2.46. The van der Waals surface area contributed by atoms with Gasteiger partial charge in [0.25, 0.3) is 5.56 Å². The monoisotopic (exact) mass is 343 g/mol. The van der Waals surface area contributed by atoms with E-state index in [2.05, 4.69) is 11.9 Å². The number of hydrogen-bond donors (Lipinski definition) is 2. The molecule has 24 heavy (non-hydrogen) atoms. The summed E-state index contributed by atoms with van der Waals surface area (Å²) >= 11 is 6.14. The number of hydrogen-bond acceptors (Lipinski definition) is 3. The molecule has 0 amide bonds. The van der Waals surface area contributed by atoms with E-state index in [0.29, 0.717) is 27.2 Å². The predicted molar refractivity (Wildman–Crippen MR) is 97.2 cm³/mol. The molecule has 2 aromatic carbocycles. The molecule has 2 N–H and O–H groups in total. The molecule has 0 unspecified atom stereocenters. The normalized spacial score (nSPS) is 11.0. The zero-order valence-corrected chi connectivity index (χ0v) is 14.3. The molecular formula is C19H18ClNO3. The Bertz CT molecular complexity index is 963. The minimum Gasteiger partial charge on any atom is -0.506 e. The van der Waals surface area contributed by atoms with Gasteiger partial charge in [-0.3, -0.25) is 4.79 Å². The Balaban J connectivity index is 2.35. The van der Waals surface area contributed by atoms with Crippen LogP contribution in [0.1, 0.15) is 18.9 Å². The molecular weight excluding hydrogens is 326 g/mol. The van der Waals surface area contributed by atoms with Crippen LogP contribution in [0.4, 0.5) is 0 Å². The van der Waals surface area contributed by atoms with Crippen molar-refractivity contribution >= 4 is 22.5 Å². The highest BCUT2D eigenvalue weighted by Crippen LogP contribution is 2.36. The van der Waals surface area contributed by atoms with Crippen LogP contribution in [0.3, 0.4) is 0 Å². The number of aryl methyl sites for hydroxylation is 1. The van der Waals surface area contributed by atoms with E-state index in [1.54, 1.807) is 37.4 Å². The van der Waals surface area contributed by atoms with Crippen molar-refractivity contribution in [3.05, 3.63) is 57.3 Å². The maximum absolute atomic E-state index is 12.5. The molecule has 0 radical (unpaired) electrons. The molecule has 0 aliphatic heterocycles. The van der Waals surface area contributed by atoms with Gasteiger partial charge < -0.3 is 14.8 Å². The minimum atomic E-state index is -0.363. The molecule has 3 rings (SSSR count). The summed E-state index contributed by atoms with van der Waals surface area (Å²) in [5, 5.41) is 12.0. The second-order valence-corrected chi connectivity index (χ2v) is 6.08. The molecule has 0 fully saturated rings. The first-order chi connectivity index (χ1) is 11.5. The van der Waals surface area contributed by atoms with E-state index < -0.39 is 0 Å². The fraction of sp³-hybridized carbons (Fsp3) is 0.211. The largest absolute Gasteiger partial charge is 0.506 e. The smallest absolute Gasteiger partial charge is 0.260 e. The number of benzene rings is 2. The number of ether oxygens (including phenoxy) is 1. The maximum atomic E-state index is 12.5. The zero-order valence-electron chi connectivity index (χ0n) is 13.5. The number of halogens is 1. The standard InChI is InChI=1S/C19H18ClNO3/c1-3-5-11-8-13(20)10-15-16(11)18(22)17(19(23)21-15)12-6-4-7-14(9-12)24-2/h4,6-10H,3,5H2,1-2H3,(H2,21,22,23). The van der Waals surface area contributed by atoms with Gasteiger partial charge in [-0.2, -0.15) is 0 Å². The summed E-state index contributed by atoms with van der Waals surface area (Å²) in [6.07, 6.45) is 1.66. The molecule has 5 heteroatoms. The van der Waals surface area contributed by atoms with Crippen molar-refractivity contribution in [3.63, 3.8) is 0 Å². The van der Waals surface area contributed by atoms with E-state index in [1.807, 2.05) is 6.07 Å². The van der Waals surface area contributed by atoms with Crippen LogP contribution in [0.2, 0.25) is 5.02 Å². The van der Waals surface area contributed by atoms with E-state index in [-0.39, 0.29) is 16.9 Å². The topological polar surface area (TPSA) is 62.3 Å². The quantitative estimate of drug-likeness (QED) is 0.732. The van der Waals surface area contributed by atoms with Gasteiger partial charge in [0, 0.05) is 10.4 Å². The molecule has 1 heterocycles. The molecule has 0 spiro atoms. The van der Waals surface area contributed by atoms with Crippen molar-refractivity contribution in [1.82, 2.24) is 4.98 Å². The van der Waals surface area contributed by atoms with Crippen LogP contribution >= 0.6 is 11.6 Å². The number of H-pyrrole nitrogens is 1. The number of aromatic nitrogens is 1. The summed E-state index contributed by atoms with van der Waals surface area (Å²) in [6.45, 7) is 2.05. The van der Waals surface area contributed by atoms with Crippen LogP contribution in [-0.2, 0) is 6.42 Å². The van der Waals surface area contributed by atoms with Crippen molar-refractivity contribution in [2.75, 3.05) is 7.11 Å². The number of aromatic hydroxyl groups is 1.